The van der Waals surface area contributed by atoms with Gasteiger partial charge in [-0.15, -0.1) is 0 Å². The van der Waals surface area contributed by atoms with Crippen molar-refractivity contribution in [1.29, 1.82) is 0 Å². The van der Waals surface area contributed by atoms with Crippen LogP contribution in [0.5, 0.6) is 23.0 Å². The standard InChI is InChI=1S/C37H48N4O5/c1-5-8-21-41-29-14-15-30(41)24-33(23-29)45-31-16-9-25(10-17-31)36(42)38-27-11-18-32(19-12-27)46-34-20-13-28(22-35(34)44-4)40-37(43)39-26(6-2)7-3/h9-13,16-20,22,26,29-30,33H,5-8,14-15,21,23-24H2,1-4H3,(H,38,42)(H2,39,40,43). The van der Waals surface area contributed by atoms with Crippen LogP contribution >= 0.6 is 0 Å². The normalized spacial score (nSPS) is 19.0. The quantitative estimate of drug-likeness (QED) is 0.166. The zero-order chi connectivity index (χ0) is 32.5. The van der Waals surface area contributed by atoms with E-state index in [0.717, 1.165) is 31.4 Å². The number of methoxy groups -OCH3 is 1. The Morgan fingerprint density at radius 3 is 2.11 bits per heavy atom. The van der Waals surface area contributed by atoms with Crippen LogP contribution in [0.4, 0.5) is 16.2 Å². The number of hydrogen-bond acceptors (Lipinski definition) is 6. The summed E-state index contributed by atoms with van der Waals surface area (Å²) in [4.78, 5) is 28.0. The molecule has 2 unspecified atom stereocenters. The molecule has 3 aromatic rings. The molecule has 2 aliphatic rings. The van der Waals surface area contributed by atoms with Crippen LogP contribution < -0.4 is 30.2 Å². The number of amides is 3. The number of hydrogen-bond donors (Lipinski definition) is 3. The molecule has 2 bridgehead atoms. The summed E-state index contributed by atoms with van der Waals surface area (Å²) in [7, 11) is 1.55. The molecule has 0 radical (unpaired) electrons. The topological polar surface area (TPSA) is 101 Å². The van der Waals surface area contributed by atoms with Gasteiger partial charge in [0.2, 0.25) is 0 Å². The summed E-state index contributed by atoms with van der Waals surface area (Å²) in [5, 5.41) is 8.75. The van der Waals surface area contributed by atoms with Gasteiger partial charge in [0, 0.05) is 41.1 Å². The molecule has 2 saturated heterocycles. The monoisotopic (exact) mass is 628 g/mol. The number of anilines is 2. The van der Waals surface area contributed by atoms with Crippen molar-refractivity contribution < 1.29 is 23.8 Å². The van der Waals surface area contributed by atoms with Crippen molar-refractivity contribution in [3.8, 4) is 23.0 Å². The number of rotatable bonds is 14. The van der Waals surface area contributed by atoms with Crippen LogP contribution in [0.3, 0.4) is 0 Å². The van der Waals surface area contributed by atoms with Gasteiger partial charge in [-0.2, -0.15) is 0 Å². The van der Waals surface area contributed by atoms with E-state index in [1.807, 2.05) is 38.1 Å². The van der Waals surface area contributed by atoms with E-state index in [1.54, 1.807) is 49.6 Å². The highest BCUT2D eigenvalue weighted by Crippen LogP contribution is 2.38. The lowest BCUT2D eigenvalue weighted by Gasteiger charge is -2.38. The third-order valence-electron chi connectivity index (χ3n) is 9.11. The average molecular weight is 629 g/mol. The highest BCUT2D eigenvalue weighted by atomic mass is 16.5. The smallest absolute Gasteiger partial charge is 0.319 e. The number of urea groups is 1. The lowest BCUT2D eigenvalue weighted by Crippen LogP contribution is -2.46. The van der Waals surface area contributed by atoms with Crippen molar-refractivity contribution in [2.24, 2.45) is 0 Å². The molecule has 3 N–H and O–H groups in total. The van der Waals surface area contributed by atoms with Crippen LogP contribution in [-0.4, -0.2) is 54.7 Å². The number of piperidine rings is 1. The number of nitrogens with one attached hydrogen (secondary N) is 3. The SMILES string of the molecule is CCCCN1C2CCC1CC(Oc1ccc(C(=O)Nc3ccc(Oc4ccc(NC(=O)NC(CC)CC)cc4OC)cc3)cc1)C2. The van der Waals surface area contributed by atoms with Crippen LogP contribution in [0.1, 0.15) is 82.5 Å². The van der Waals surface area contributed by atoms with Gasteiger partial charge in [0.1, 0.15) is 17.6 Å². The minimum atomic E-state index is -0.258. The average Bonchev–Trinajstić information content (AvgIpc) is 3.31. The van der Waals surface area contributed by atoms with Crippen LogP contribution in [0.15, 0.2) is 66.7 Å². The largest absolute Gasteiger partial charge is 0.493 e. The summed E-state index contributed by atoms with van der Waals surface area (Å²) in [5.41, 5.74) is 1.81. The number of carbonyl (C=O) groups excluding carboxylic acids is 2. The van der Waals surface area contributed by atoms with E-state index in [4.69, 9.17) is 14.2 Å². The van der Waals surface area contributed by atoms with Crippen LogP contribution in [0.25, 0.3) is 0 Å². The zero-order valence-electron chi connectivity index (χ0n) is 27.5. The van der Waals surface area contributed by atoms with Crippen LogP contribution in [0, 0.1) is 0 Å². The molecule has 9 heteroatoms. The van der Waals surface area contributed by atoms with E-state index >= 15 is 0 Å². The molecule has 9 nitrogen and oxygen atoms in total. The maximum Gasteiger partial charge on any atom is 0.319 e. The fraction of sp³-hybridized carbons (Fsp3) is 0.459. The highest BCUT2D eigenvalue weighted by Gasteiger charge is 2.41. The Balaban J connectivity index is 1.11. The summed E-state index contributed by atoms with van der Waals surface area (Å²) < 4.78 is 17.9. The first-order valence-electron chi connectivity index (χ1n) is 16.8. The van der Waals surface area contributed by atoms with Crippen molar-refractivity contribution in [3.63, 3.8) is 0 Å². The van der Waals surface area contributed by atoms with E-state index in [-0.39, 0.29) is 24.1 Å². The lowest BCUT2D eigenvalue weighted by molar-refractivity contribution is 0.0487. The molecule has 0 saturated carbocycles. The number of unbranched alkanes of at least 4 members (excludes halogenated alkanes) is 1. The zero-order valence-corrected chi connectivity index (χ0v) is 27.5. The van der Waals surface area contributed by atoms with Crippen molar-refractivity contribution >= 4 is 23.3 Å². The second-order valence-corrected chi connectivity index (χ2v) is 12.3. The van der Waals surface area contributed by atoms with Crippen molar-refractivity contribution in [2.75, 3.05) is 24.3 Å². The summed E-state index contributed by atoms with van der Waals surface area (Å²) in [6.45, 7) is 7.55. The summed E-state index contributed by atoms with van der Waals surface area (Å²) >= 11 is 0. The predicted molar refractivity (Wildman–Crippen MR) is 183 cm³/mol. The first-order chi connectivity index (χ1) is 22.4. The molecular weight excluding hydrogens is 580 g/mol. The first kappa shape index (κ1) is 33.1. The molecule has 2 atom stereocenters. The molecule has 3 aromatic carbocycles. The number of nitrogens with zero attached hydrogens (tertiary/aromatic N) is 1. The van der Waals surface area contributed by atoms with Gasteiger partial charge in [0.05, 0.1) is 7.11 Å². The van der Waals surface area contributed by atoms with E-state index in [9.17, 15) is 9.59 Å². The highest BCUT2D eigenvalue weighted by molar-refractivity contribution is 6.04. The molecular formula is C37H48N4O5. The Morgan fingerprint density at radius 2 is 1.48 bits per heavy atom. The second-order valence-electron chi connectivity index (χ2n) is 12.3. The minimum absolute atomic E-state index is 0.126. The first-order valence-corrected chi connectivity index (χ1v) is 16.8. The fourth-order valence-electron chi connectivity index (χ4n) is 6.52. The van der Waals surface area contributed by atoms with E-state index in [0.29, 0.717) is 46.3 Å². The summed E-state index contributed by atoms with van der Waals surface area (Å²) in [5.74, 6) is 2.18. The molecule has 2 fully saturated rings. The van der Waals surface area contributed by atoms with Gasteiger partial charge in [-0.3, -0.25) is 9.69 Å². The second kappa shape index (κ2) is 15.9. The van der Waals surface area contributed by atoms with E-state index < -0.39 is 0 Å². The Morgan fingerprint density at radius 1 is 0.826 bits per heavy atom. The number of carbonyl (C=O) groups is 2. The summed E-state index contributed by atoms with van der Waals surface area (Å²) in [6, 6.07) is 20.9. The number of benzene rings is 3. The van der Waals surface area contributed by atoms with Gasteiger partial charge in [-0.25, -0.2) is 4.79 Å². The van der Waals surface area contributed by atoms with Crippen molar-refractivity contribution in [3.05, 3.63) is 72.3 Å². The Bertz CT molecular complexity index is 1430. The molecule has 0 aromatic heterocycles. The molecule has 46 heavy (non-hydrogen) atoms. The predicted octanol–water partition coefficient (Wildman–Crippen LogP) is 8.22. The molecule has 246 valence electrons. The third-order valence-corrected chi connectivity index (χ3v) is 9.11. The summed E-state index contributed by atoms with van der Waals surface area (Å²) in [6.07, 6.45) is 9.18. The van der Waals surface area contributed by atoms with Crippen LogP contribution in [0.2, 0.25) is 0 Å². The van der Waals surface area contributed by atoms with Gasteiger partial charge >= 0.3 is 6.03 Å². The Labute approximate surface area is 273 Å². The minimum Gasteiger partial charge on any atom is -0.493 e. The molecule has 0 aliphatic carbocycles. The number of ether oxygens (including phenoxy) is 3. The molecule has 2 aliphatic heterocycles. The Kier molecular flexibility index (Phi) is 11.4. The van der Waals surface area contributed by atoms with Gasteiger partial charge in [0.15, 0.2) is 11.5 Å². The van der Waals surface area contributed by atoms with Gasteiger partial charge in [-0.05, 0) is 112 Å². The molecule has 0 spiro atoms. The van der Waals surface area contributed by atoms with Crippen LogP contribution in [-0.2, 0) is 0 Å². The maximum atomic E-state index is 13.0. The number of fused-ring (bicyclic) bond motifs is 2. The van der Waals surface area contributed by atoms with Gasteiger partial charge < -0.3 is 30.2 Å². The van der Waals surface area contributed by atoms with Crippen molar-refractivity contribution in [1.82, 2.24) is 10.2 Å². The molecule has 3 amide bonds. The van der Waals surface area contributed by atoms with E-state index in [1.165, 1.54) is 32.2 Å². The van der Waals surface area contributed by atoms with Gasteiger partial charge in [0.25, 0.3) is 5.91 Å². The van der Waals surface area contributed by atoms with Gasteiger partial charge in [-0.1, -0.05) is 27.2 Å². The molecule has 2 heterocycles. The molecule has 5 rings (SSSR count). The van der Waals surface area contributed by atoms with E-state index in [2.05, 4.69) is 27.8 Å². The fourth-order valence-corrected chi connectivity index (χ4v) is 6.52. The Hall–Kier alpha value is -4.24. The third kappa shape index (κ3) is 8.51. The van der Waals surface area contributed by atoms with Crippen molar-refractivity contribution in [2.45, 2.75) is 96.4 Å². The lowest BCUT2D eigenvalue weighted by atomic mass is 9.99. The maximum absolute atomic E-state index is 13.0.